The van der Waals surface area contributed by atoms with Crippen molar-refractivity contribution in [2.45, 2.75) is 32.9 Å². The molecule has 0 unspecified atom stereocenters. The molecule has 8 heteroatoms. The van der Waals surface area contributed by atoms with E-state index in [1.165, 1.54) is 0 Å². The molecule has 0 radical (unpaired) electrons. The van der Waals surface area contributed by atoms with Crippen LogP contribution < -0.4 is 5.11 Å². The maximum absolute atomic E-state index is 8.89. The number of rotatable bonds is 4. The third-order valence-electron chi connectivity index (χ3n) is 5.57. The minimum absolute atomic E-state index is 0. The molecule has 0 amide bonds. The van der Waals surface area contributed by atoms with Crippen LogP contribution in [0.4, 0.5) is 0 Å². The van der Waals surface area contributed by atoms with Crippen molar-refractivity contribution in [2.24, 2.45) is 9.98 Å². The first-order valence-electron chi connectivity index (χ1n) is 11.4. The zero-order valence-corrected chi connectivity index (χ0v) is 22.4. The van der Waals surface area contributed by atoms with E-state index >= 15 is 0 Å². The number of carboxylic acid groups (broad SMARTS) is 1. The third kappa shape index (κ3) is 7.71. The number of carboxylic acids is 1. The number of benzene rings is 3. The molecule has 0 saturated carbocycles. The molecule has 0 bridgehead atoms. The third-order valence-corrected chi connectivity index (χ3v) is 5.57. The Hall–Kier alpha value is -3.57. The first-order chi connectivity index (χ1) is 17.4. The molecule has 190 valence electrons. The molecule has 2 heterocycles. The molecule has 3 aromatic rings. The van der Waals surface area contributed by atoms with Gasteiger partial charge >= 0.3 is 30.8 Å². The van der Waals surface area contributed by atoms with Gasteiger partial charge in [-0.1, -0.05) is 85.6 Å². The Kier molecular flexibility index (Phi) is 11.4. The van der Waals surface area contributed by atoms with Gasteiger partial charge in [0.2, 0.25) is 0 Å². The molecular formula is C29H26N2O5Ru. The molecule has 0 spiro atoms. The predicted molar refractivity (Wildman–Crippen MR) is 133 cm³/mol. The number of ether oxygens (including phenoxy) is 2. The zero-order chi connectivity index (χ0) is 26.1. The second-order valence-electron chi connectivity index (χ2n) is 8.22. The summed E-state index contributed by atoms with van der Waals surface area (Å²) in [5.74, 6) is 0.196. The number of aryl methyl sites for hydroxylation is 2. The van der Waals surface area contributed by atoms with E-state index in [1.807, 2.05) is 36.4 Å². The van der Waals surface area contributed by atoms with Crippen molar-refractivity contribution in [1.29, 1.82) is 0 Å². The molecule has 0 fully saturated rings. The number of nitrogens with zero attached hydrogens (tertiary/aromatic N) is 2. The second kappa shape index (κ2) is 14.2. The van der Waals surface area contributed by atoms with E-state index in [-0.39, 0.29) is 31.6 Å². The van der Waals surface area contributed by atoms with E-state index in [0.29, 0.717) is 25.0 Å². The maximum Gasteiger partial charge on any atom is 2.00 e. The molecule has 0 aromatic heterocycles. The summed E-state index contributed by atoms with van der Waals surface area (Å²) in [6.45, 7) is 10.7. The van der Waals surface area contributed by atoms with Crippen molar-refractivity contribution >= 4 is 17.8 Å². The van der Waals surface area contributed by atoms with Gasteiger partial charge in [-0.3, -0.25) is 9.98 Å². The van der Waals surface area contributed by atoms with Gasteiger partial charge < -0.3 is 19.4 Å². The normalized spacial score (nSPS) is 17.2. The van der Waals surface area contributed by atoms with Gasteiger partial charge in [0.1, 0.15) is 37.1 Å². The van der Waals surface area contributed by atoms with Crippen LogP contribution >= 0.6 is 0 Å². The number of aliphatic imine (C=N–C) groups is 2. The fraction of sp³-hybridized carbons (Fsp3) is 0.241. The Morgan fingerprint density at radius 1 is 0.865 bits per heavy atom. The van der Waals surface area contributed by atoms with Gasteiger partial charge in [-0.15, -0.1) is 23.3 Å². The summed E-state index contributed by atoms with van der Waals surface area (Å²) in [7, 11) is 0. The molecule has 0 aliphatic carbocycles. The Morgan fingerprint density at radius 2 is 1.22 bits per heavy atom. The molecule has 3 aromatic carbocycles. The van der Waals surface area contributed by atoms with Gasteiger partial charge in [-0.2, -0.15) is 0 Å². The van der Waals surface area contributed by atoms with Crippen LogP contribution in [-0.4, -0.2) is 31.0 Å². The van der Waals surface area contributed by atoms with Gasteiger partial charge in [-0.25, -0.2) is 0 Å². The fourth-order valence-electron chi connectivity index (χ4n) is 3.95. The smallest absolute Gasteiger partial charge is 2.00 e. The first-order valence-corrected chi connectivity index (χ1v) is 11.4. The van der Waals surface area contributed by atoms with Crippen LogP contribution in [0.1, 0.15) is 52.4 Å². The minimum atomic E-state index is -1.08. The molecule has 37 heavy (non-hydrogen) atoms. The van der Waals surface area contributed by atoms with Crippen LogP contribution in [0.25, 0.3) is 0 Å². The average molecular weight is 584 g/mol. The number of carbonyl (C=O) groups is 1. The van der Waals surface area contributed by atoms with Crippen molar-refractivity contribution in [3.63, 3.8) is 0 Å². The fourth-order valence-corrected chi connectivity index (χ4v) is 3.95. The maximum atomic E-state index is 8.89. The molecule has 0 saturated heterocycles. The van der Waals surface area contributed by atoms with Gasteiger partial charge in [0, 0.05) is 5.97 Å². The molecular weight excluding hydrogens is 557 g/mol. The Labute approximate surface area is 229 Å². The van der Waals surface area contributed by atoms with Gasteiger partial charge in [-0.05, 0) is 18.1 Å². The monoisotopic (exact) mass is 584 g/mol. The van der Waals surface area contributed by atoms with Crippen LogP contribution in [0.3, 0.4) is 0 Å². The van der Waals surface area contributed by atoms with Crippen molar-refractivity contribution < 1.29 is 43.5 Å². The van der Waals surface area contributed by atoms with Crippen LogP contribution in [0.15, 0.2) is 76.7 Å². The van der Waals surface area contributed by atoms with Crippen LogP contribution in [0.2, 0.25) is 0 Å². The second-order valence-corrected chi connectivity index (χ2v) is 8.22. The summed E-state index contributed by atoms with van der Waals surface area (Å²) in [5, 5.41) is 8.89. The molecule has 0 N–H and O–H groups in total. The molecule has 2 aliphatic heterocycles. The standard InChI is InChI=1S/C26H23N2O2.C2H4O2.CO.Ru/c1-17-13-18(2)22(26-28-24(16-30-26)20-11-7-4-8-12-20)14-21(17)25-27-23(15-29-25)19-9-5-3-6-10-19;1-2(3)4;1-2;/h3-13,23-24H,15-16H2,1-2H3;1H3,(H,3,4);;/q-1;;;+2/p-1/t23-,24-;;;/m1.../s1. The summed E-state index contributed by atoms with van der Waals surface area (Å²) in [5.41, 5.74) is 6.24. The summed E-state index contributed by atoms with van der Waals surface area (Å²) in [6.07, 6.45) is 0. The topological polar surface area (TPSA) is 103 Å². The largest absolute Gasteiger partial charge is 2.00 e. The number of carbonyl (C=O) groups excluding carboxylic acids is 1. The Balaban J connectivity index is 0.000000630. The minimum Gasteiger partial charge on any atom is 2.00 e. The number of hydrogen-bond acceptors (Lipinski definition) is 6. The van der Waals surface area contributed by atoms with Crippen LogP contribution in [-0.2, 0) is 38.4 Å². The SMILES string of the molecule is CC(=O)[O-].Cc1cc(C)c(C2=N[C@@H](c3ccccc3)CO2)[c-]c1C1=N[C@@H](c2ccccc2)CO1.[C-]#[O+].[Ru+2]. The van der Waals surface area contributed by atoms with Crippen LogP contribution in [0.5, 0.6) is 0 Å². The molecule has 2 aliphatic rings. The number of aliphatic carboxylic acids is 1. The molecule has 7 nitrogen and oxygen atoms in total. The van der Waals surface area contributed by atoms with Crippen molar-refractivity contribution in [2.75, 3.05) is 13.2 Å². The quantitative estimate of drug-likeness (QED) is 0.264. The van der Waals surface area contributed by atoms with E-state index in [1.54, 1.807) is 0 Å². The first kappa shape index (κ1) is 29.7. The van der Waals surface area contributed by atoms with E-state index < -0.39 is 5.97 Å². The van der Waals surface area contributed by atoms with E-state index in [4.69, 9.17) is 34.0 Å². The van der Waals surface area contributed by atoms with Gasteiger partial charge in [0.05, 0.1) is 0 Å². The van der Waals surface area contributed by atoms with E-state index in [2.05, 4.69) is 56.9 Å². The Morgan fingerprint density at radius 3 is 1.57 bits per heavy atom. The number of hydrogen-bond donors (Lipinski definition) is 0. The Bertz CT molecular complexity index is 1180. The summed E-state index contributed by atoms with van der Waals surface area (Å²) in [4.78, 5) is 18.6. The predicted octanol–water partition coefficient (Wildman–Crippen LogP) is 3.86. The summed E-state index contributed by atoms with van der Waals surface area (Å²) in [6, 6.07) is 26.1. The van der Waals surface area contributed by atoms with Gasteiger partial charge in [0.25, 0.3) is 0 Å². The van der Waals surface area contributed by atoms with Crippen molar-refractivity contribution in [1.82, 2.24) is 0 Å². The molecule has 5 rings (SSSR count). The summed E-state index contributed by atoms with van der Waals surface area (Å²) >= 11 is 0. The van der Waals surface area contributed by atoms with Crippen LogP contribution in [0, 0.1) is 26.6 Å². The van der Waals surface area contributed by atoms with Crippen molar-refractivity contribution in [3.8, 4) is 0 Å². The van der Waals surface area contributed by atoms with Gasteiger partial charge in [0.15, 0.2) is 0 Å². The van der Waals surface area contributed by atoms with E-state index in [9.17, 15) is 0 Å². The van der Waals surface area contributed by atoms with E-state index in [0.717, 1.165) is 40.3 Å². The zero-order valence-electron chi connectivity index (χ0n) is 20.7. The molecule has 2 atom stereocenters. The summed E-state index contributed by atoms with van der Waals surface area (Å²) < 4.78 is 19.4. The van der Waals surface area contributed by atoms with Crippen molar-refractivity contribution in [3.05, 3.63) is 113 Å². The average Bonchev–Trinajstić information content (AvgIpc) is 3.57.